The second-order valence-corrected chi connectivity index (χ2v) is 6.05. The smallest absolute Gasteiger partial charge is 0.358 e. The minimum Gasteiger partial charge on any atom is -0.476 e. The Kier molecular flexibility index (Phi) is 3.79. The molecule has 1 aromatic heterocycles. The maximum Gasteiger partial charge on any atom is 0.358 e. The van der Waals surface area contributed by atoms with Crippen LogP contribution >= 0.6 is 0 Å². The molecule has 0 spiro atoms. The number of aryl methyl sites for hydroxylation is 1. The number of halogens is 1. The average molecular weight is 299 g/mol. The molecule has 9 heteroatoms. The molecule has 0 saturated carbocycles. The van der Waals surface area contributed by atoms with Crippen molar-refractivity contribution in [2.24, 2.45) is 0 Å². The molecule has 0 aliphatic rings. The van der Waals surface area contributed by atoms with Crippen molar-refractivity contribution in [3.05, 3.63) is 42.0 Å². The first-order chi connectivity index (χ1) is 9.38. The highest BCUT2D eigenvalue weighted by molar-refractivity contribution is 7.91. The van der Waals surface area contributed by atoms with Crippen molar-refractivity contribution in [1.82, 2.24) is 15.0 Å². The molecule has 0 bridgehead atoms. The number of rotatable bonds is 5. The first-order valence-corrected chi connectivity index (χ1v) is 7.15. The Morgan fingerprint density at radius 2 is 1.95 bits per heavy atom. The van der Waals surface area contributed by atoms with Crippen molar-refractivity contribution in [3.63, 3.8) is 0 Å². The fourth-order valence-corrected chi connectivity index (χ4v) is 2.69. The number of aromatic carboxylic acids is 1. The highest BCUT2D eigenvalue weighted by Crippen LogP contribution is 2.12. The van der Waals surface area contributed by atoms with Gasteiger partial charge in [0, 0.05) is 0 Å². The molecule has 1 N–H and O–H groups in total. The van der Waals surface area contributed by atoms with Crippen molar-refractivity contribution >= 4 is 15.8 Å². The van der Waals surface area contributed by atoms with E-state index in [0.29, 0.717) is 0 Å². The molecule has 20 heavy (non-hydrogen) atoms. The Labute approximate surface area is 113 Å². The molecular formula is C11H10FN3O4S. The number of carbonyl (C=O) groups is 1. The Morgan fingerprint density at radius 1 is 1.30 bits per heavy atom. The first kappa shape index (κ1) is 14.1. The van der Waals surface area contributed by atoms with Crippen LogP contribution in [0.3, 0.4) is 0 Å². The van der Waals surface area contributed by atoms with Gasteiger partial charge >= 0.3 is 5.97 Å². The van der Waals surface area contributed by atoms with Crippen LogP contribution in [0, 0.1) is 5.82 Å². The molecule has 0 atom stereocenters. The van der Waals surface area contributed by atoms with Gasteiger partial charge < -0.3 is 5.11 Å². The molecule has 7 nitrogen and oxygen atoms in total. The first-order valence-electron chi connectivity index (χ1n) is 5.50. The minimum absolute atomic E-state index is 0.00234. The van der Waals surface area contributed by atoms with Crippen LogP contribution in [0.5, 0.6) is 0 Å². The van der Waals surface area contributed by atoms with E-state index < -0.39 is 21.6 Å². The summed E-state index contributed by atoms with van der Waals surface area (Å²) in [7, 11) is -3.59. The Bertz CT molecular complexity index is 724. The van der Waals surface area contributed by atoms with Gasteiger partial charge in [0.25, 0.3) is 0 Å². The fraction of sp³-hybridized carbons (Fsp3) is 0.182. The Hall–Kier alpha value is -2.29. The molecule has 0 saturated heterocycles. The average Bonchev–Trinajstić information content (AvgIpc) is 2.86. The summed E-state index contributed by atoms with van der Waals surface area (Å²) in [5.41, 5.74) is -0.260. The van der Waals surface area contributed by atoms with Gasteiger partial charge in [-0.25, -0.2) is 17.6 Å². The van der Waals surface area contributed by atoms with Gasteiger partial charge in [-0.3, -0.25) is 4.68 Å². The number of hydrogen-bond donors (Lipinski definition) is 1. The van der Waals surface area contributed by atoms with Gasteiger partial charge in [0.05, 0.1) is 23.4 Å². The summed E-state index contributed by atoms with van der Waals surface area (Å²) in [6.45, 7) is -0.0417. The molecule has 0 aliphatic heterocycles. The van der Waals surface area contributed by atoms with Crippen LogP contribution in [-0.2, 0) is 16.4 Å². The van der Waals surface area contributed by atoms with E-state index in [4.69, 9.17) is 5.11 Å². The topological polar surface area (TPSA) is 102 Å². The standard InChI is InChI=1S/C11H10FN3O4S/c12-8-1-3-9(4-2-8)20(18,19)6-5-15-7-10(11(16)17)13-14-15/h1-4,7H,5-6H2,(H,16,17). The van der Waals surface area contributed by atoms with Crippen LogP contribution in [0.4, 0.5) is 4.39 Å². The lowest BCUT2D eigenvalue weighted by Crippen LogP contribution is -2.13. The quantitative estimate of drug-likeness (QED) is 0.811. The molecule has 1 aromatic carbocycles. The summed E-state index contributed by atoms with van der Waals surface area (Å²) in [4.78, 5) is 10.6. The number of sulfone groups is 1. The molecule has 0 fully saturated rings. The third kappa shape index (κ3) is 3.18. The van der Waals surface area contributed by atoms with Crippen LogP contribution in [0.25, 0.3) is 0 Å². The molecule has 106 valence electrons. The molecule has 0 radical (unpaired) electrons. The zero-order valence-corrected chi connectivity index (χ0v) is 10.9. The van der Waals surface area contributed by atoms with Crippen molar-refractivity contribution in [2.45, 2.75) is 11.4 Å². The number of aromatic nitrogens is 3. The van der Waals surface area contributed by atoms with E-state index >= 15 is 0 Å². The number of carboxylic acid groups (broad SMARTS) is 1. The van der Waals surface area contributed by atoms with Crippen molar-refractivity contribution in [1.29, 1.82) is 0 Å². The van der Waals surface area contributed by atoms with E-state index in [-0.39, 0.29) is 22.9 Å². The zero-order chi connectivity index (χ0) is 14.8. The van der Waals surface area contributed by atoms with E-state index in [9.17, 15) is 17.6 Å². The molecule has 0 amide bonds. The molecule has 0 unspecified atom stereocenters. The second kappa shape index (κ2) is 5.37. The number of carboxylic acids is 1. The van der Waals surface area contributed by atoms with Crippen LogP contribution in [0.15, 0.2) is 35.4 Å². The van der Waals surface area contributed by atoms with E-state index in [1.54, 1.807) is 0 Å². The van der Waals surface area contributed by atoms with Gasteiger partial charge in [-0.1, -0.05) is 5.21 Å². The molecule has 0 aliphatic carbocycles. The van der Waals surface area contributed by atoms with Crippen LogP contribution in [0.1, 0.15) is 10.5 Å². The summed E-state index contributed by atoms with van der Waals surface area (Å²) in [6, 6.07) is 4.47. The summed E-state index contributed by atoms with van der Waals surface area (Å²) >= 11 is 0. The highest BCUT2D eigenvalue weighted by atomic mass is 32.2. The van der Waals surface area contributed by atoms with Gasteiger partial charge in [-0.15, -0.1) is 5.10 Å². The zero-order valence-electron chi connectivity index (χ0n) is 10.1. The van der Waals surface area contributed by atoms with Crippen LogP contribution in [0.2, 0.25) is 0 Å². The van der Waals surface area contributed by atoms with E-state index in [1.165, 1.54) is 12.1 Å². The number of benzene rings is 1. The largest absolute Gasteiger partial charge is 0.476 e. The summed E-state index contributed by atoms with van der Waals surface area (Å²) < 4.78 is 37.8. The molecule has 2 aromatic rings. The predicted octanol–water partition coefficient (Wildman–Crippen LogP) is 0.589. The lowest BCUT2D eigenvalue weighted by molar-refractivity contribution is 0.0690. The van der Waals surface area contributed by atoms with E-state index in [1.807, 2.05) is 0 Å². The molecular weight excluding hydrogens is 289 g/mol. The highest BCUT2D eigenvalue weighted by Gasteiger charge is 2.16. The van der Waals surface area contributed by atoms with E-state index in [2.05, 4.69) is 10.3 Å². The van der Waals surface area contributed by atoms with E-state index in [0.717, 1.165) is 23.0 Å². The van der Waals surface area contributed by atoms with Gasteiger partial charge in [-0.2, -0.15) is 0 Å². The van der Waals surface area contributed by atoms with Crippen LogP contribution < -0.4 is 0 Å². The Morgan fingerprint density at radius 3 is 2.50 bits per heavy atom. The maximum atomic E-state index is 12.7. The normalized spacial score (nSPS) is 11.4. The lowest BCUT2D eigenvalue weighted by Gasteiger charge is -2.04. The minimum atomic E-state index is -3.59. The van der Waals surface area contributed by atoms with Crippen LogP contribution in [-0.4, -0.2) is 40.2 Å². The van der Waals surface area contributed by atoms with Crippen molar-refractivity contribution in [3.8, 4) is 0 Å². The summed E-state index contributed by atoms with van der Waals surface area (Å²) in [5, 5.41) is 15.5. The Balaban J connectivity index is 2.08. The van der Waals surface area contributed by atoms with Gasteiger partial charge in [0.15, 0.2) is 15.5 Å². The summed E-state index contributed by atoms with van der Waals surface area (Å²) in [5.74, 6) is -2.05. The van der Waals surface area contributed by atoms with Gasteiger partial charge in [0.1, 0.15) is 5.82 Å². The number of nitrogens with zero attached hydrogens (tertiary/aromatic N) is 3. The summed E-state index contributed by atoms with van der Waals surface area (Å²) in [6.07, 6.45) is 1.14. The van der Waals surface area contributed by atoms with Crippen molar-refractivity contribution in [2.75, 3.05) is 5.75 Å². The molecule has 1 heterocycles. The SMILES string of the molecule is O=C(O)c1cn(CCS(=O)(=O)c2ccc(F)cc2)nn1. The van der Waals surface area contributed by atoms with Gasteiger partial charge in [-0.05, 0) is 24.3 Å². The second-order valence-electron chi connectivity index (χ2n) is 3.94. The van der Waals surface area contributed by atoms with Crippen molar-refractivity contribution < 1.29 is 22.7 Å². The predicted molar refractivity (Wildman–Crippen MR) is 65.4 cm³/mol. The maximum absolute atomic E-state index is 12.7. The third-order valence-corrected chi connectivity index (χ3v) is 4.23. The molecule has 2 rings (SSSR count). The van der Waals surface area contributed by atoms with Gasteiger partial charge in [0.2, 0.25) is 0 Å². The monoisotopic (exact) mass is 299 g/mol. The fourth-order valence-electron chi connectivity index (χ4n) is 1.48. The lowest BCUT2D eigenvalue weighted by atomic mass is 10.4. The number of hydrogen-bond acceptors (Lipinski definition) is 5. The third-order valence-electron chi connectivity index (χ3n) is 2.52.